The van der Waals surface area contributed by atoms with Crippen molar-refractivity contribution in [3.63, 3.8) is 0 Å². The molecule has 2 rings (SSSR count). The Hall–Kier alpha value is -2.07. The minimum atomic E-state index is 0.369. The lowest BCUT2D eigenvalue weighted by molar-refractivity contribution is 0.922. The summed E-state index contributed by atoms with van der Waals surface area (Å²) in [6, 6.07) is 20.3. The van der Waals surface area contributed by atoms with Crippen LogP contribution in [0.4, 0.5) is 0 Å². The fourth-order valence-electron chi connectivity index (χ4n) is 1.78. The molecule has 0 fully saturated rings. The van der Waals surface area contributed by atoms with Crippen molar-refractivity contribution in [2.75, 3.05) is 0 Å². The van der Waals surface area contributed by atoms with Crippen molar-refractivity contribution >= 4 is 0 Å². The van der Waals surface area contributed by atoms with Gasteiger partial charge in [-0.25, -0.2) is 0 Å². The number of hydrogen-bond donors (Lipinski definition) is 0. The van der Waals surface area contributed by atoms with Gasteiger partial charge in [0.2, 0.25) is 0 Å². The highest BCUT2D eigenvalue weighted by Crippen LogP contribution is 2.23. The Morgan fingerprint density at radius 3 is 2.00 bits per heavy atom. The average molecular weight is 207 g/mol. The number of nitriles is 1. The summed E-state index contributed by atoms with van der Waals surface area (Å²) < 4.78 is 0. The summed E-state index contributed by atoms with van der Waals surface area (Å²) in [5, 5.41) is 8.73. The van der Waals surface area contributed by atoms with E-state index in [4.69, 9.17) is 5.26 Å². The van der Waals surface area contributed by atoms with E-state index in [1.165, 1.54) is 11.1 Å². The molecule has 0 saturated carbocycles. The normalized spacial score (nSPS) is 11.8. The van der Waals surface area contributed by atoms with Crippen molar-refractivity contribution < 1.29 is 0 Å². The zero-order valence-electron chi connectivity index (χ0n) is 9.22. The van der Waals surface area contributed by atoms with Gasteiger partial charge in [-0.2, -0.15) is 5.26 Å². The largest absolute Gasteiger partial charge is 0.192 e. The Labute approximate surface area is 96.0 Å². The molecule has 0 aromatic heterocycles. The minimum Gasteiger partial charge on any atom is -0.192 e. The zero-order chi connectivity index (χ0) is 11.4. The van der Waals surface area contributed by atoms with Crippen molar-refractivity contribution in [2.24, 2.45) is 0 Å². The maximum atomic E-state index is 8.73. The van der Waals surface area contributed by atoms with E-state index in [0.717, 1.165) is 0 Å². The number of hydrogen-bond acceptors (Lipinski definition) is 1. The standard InChI is InChI=1S/C15H13N/c1-12(14-5-3-2-4-6-14)15-9-7-13(11-16)8-10-15/h2-10,12H,1H3. The third-order valence-corrected chi connectivity index (χ3v) is 2.84. The van der Waals surface area contributed by atoms with Crippen LogP contribution < -0.4 is 0 Å². The van der Waals surface area contributed by atoms with Crippen LogP contribution in [0.25, 0.3) is 0 Å². The third kappa shape index (κ3) is 2.12. The lowest BCUT2D eigenvalue weighted by Gasteiger charge is -2.12. The molecule has 0 spiro atoms. The molecule has 0 N–H and O–H groups in total. The average Bonchev–Trinajstić information content (AvgIpc) is 2.39. The lowest BCUT2D eigenvalue weighted by atomic mass is 9.93. The molecule has 0 aliphatic heterocycles. The van der Waals surface area contributed by atoms with Gasteiger partial charge >= 0.3 is 0 Å². The van der Waals surface area contributed by atoms with Crippen molar-refractivity contribution in [1.82, 2.24) is 0 Å². The van der Waals surface area contributed by atoms with Gasteiger partial charge in [0.1, 0.15) is 0 Å². The molecule has 0 aliphatic carbocycles. The molecule has 2 aromatic rings. The van der Waals surface area contributed by atoms with Crippen molar-refractivity contribution in [2.45, 2.75) is 12.8 Å². The maximum absolute atomic E-state index is 8.73. The third-order valence-electron chi connectivity index (χ3n) is 2.84. The van der Waals surface area contributed by atoms with E-state index in [1.54, 1.807) is 0 Å². The summed E-state index contributed by atoms with van der Waals surface area (Å²) in [5.74, 6) is 0.369. The van der Waals surface area contributed by atoms with Crippen LogP contribution >= 0.6 is 0 Å². The Balaban J connectivity index is 2.28. The van der Waals surface area contributed by atoms with Gasteiger partial charge in [0.15, 0.2) is 0 Å². The first-order valence-corrected chi connectivity index (χ1v) is 5.36. The Kier molecular flexibility index (Phi) is 3.03. The van der Waals surface area contributed by atoms with Crippen LogP contribution in [-0.4, -0.2) is 0 Å². The molecular formula is C15H13N. The molecule has 0 heterocycles. The molecular weight excluding hydrogens is 194 g/mol. The smallest absolute Gasteiger partial charge is 0.0991 e. The highest BCUT2D eigenvalue weighted by Gasteiger charge is 2.07. The van der Waals surface area contributed by atoms with Crippen LogP contribution in [0.2, 0.25) is 0 Å². The molecule has 1 nitrogen and oxygen atoms in total. The second-order valence-electron chi connectivity index (χ2n) is 3.87. The van der Waals surface area contributed by atoms with Crippen LogP contribution in [-0.2, 0) is 0 Å². The molecule has 0 aliphatic rings. The van der Waals surface area contributed by atoms with E-state index in [2.05, 4.69) is 37.3 Å². The van der Waals surface area contributed by atoms with Gasteiger partial charge in [-0.1, -0.05) is 49.4 Å². The van der Waals surface area contributed by atoms with E-state index in [-0.39, 0.29) is 0 Å². The first-order chi connectivity index (χ1) is 7.81. The predicted octanol–water partition coefficient (Wildman–Crippen LogP) is 3.71. The van der Waals surface area contributed by atoms with Gasteiger partial charge in [0.05, 0.1) is 11.6 Å². The van der Waals surface area contributed by atoms with E-state index in [0.29, 0.717) is 11.5 Å². The monoisotopic (exact) mass is 207 g/mol. The molecule has 1 atom stereocenters. The first-order valence-electron chi connectivity index (χ1n) is 5.36. The summed E-state index contributed by atoms with van der Waals surface area (Å²) in [5.41, 5.74) is 3.25. The van der Waals surface area contributed by atoms with Crippen LogP contribution in [0.5, 0.6) is 0 Å². The van der Waals surface area contributed by atoms with Gasteiger partial charge in [-0.3, -0.25) is 0 Å². The zero-order valence-corrected chi connectivity index (χ0v) is 9.22. The van der Waals surface area contributed by atoms with Gasteiger partial charge in [0.25, 0.3) is 0 Å². The summed E-state index contributed by atoms with van der Waals surface area (Å²) in [4.78, 5) is 0. The van der Waals surface area contributed by atoms with Crippen molar-refractivity contribution in [3.05, 3.63) is 71.3 Å². The SMILES string of the molecule is CC(c1ccccc1)c1ccc(C#N)cc1. The number of nitrogens with zero attached hydrogens (tertiary/aromatic N) is 1. The Morgan fingerprint density at radius 2 is 1.44 bits per heavy atom. The number of benzene rings is 2. The summed E-state index contributed by atoms with van der Waals surface area (Å²) >= 11 is 0. The topological polar surface area (TPSA) is 23.8 Å². The molecule has 16 heavy (non-hydrogen) atoms. The molecule has 0 bridgehead atoms. The van der Waals surface area contributed by atoms with Crippen LogP contribution in [0, 0.1) is 11.3 Å². The second-order valence-corrected chi connectivity index (χ2v) is 3.87. The molecule has 1 heteroatoms. The summed E-state index contributed by atoms with van der Waals surface area (Å²) in [6.45, 7) is 2.18. The van der Waals surface area contributed by atoms with Crippen molar-refractivity contribution in [3.8, 4) is 6.07 Å². The van der Waals surface area contributed by atoms with Gasteiger partial charge in [-0.05, 0) is 23.3 Å². The Morgan fingerprint density at radius 1 is 0.875 bits per heavy atom. The molecule has 0 saturated heterocycles. The van der Waals surface area contributed by atoms with Gasteiger partial charge in [-0.15, -0.1) is 0 Å². The van der Waals surface area contributed by atoms with E-state index < -0.39 is 0 Å². The summed E-state index contributed by atoms with van der Waals surface area (Å²) in [6.07, 6.45) is 0. The molecule has 0 radical (unpaired) electrons. The Bertz CT molecular complexity index is 491. The molecule has 78 valence electrons. The van der Waals surface area contributed by atoms with Gasteiger partial charge < -0.3 is 0 Å². The second kappa shape index (κ2) is 4.63. The van der Waals surface area contributed by atoms with Crippen LogP contribution in [0.3, 0.4) is 0 Å². The van der Waals surface area contributed by atoms with Gasteiger partial charge in [0, 0.05) is 5.92 Å². The first kappa shape index (κ1) is 10.4. The van der Waals surface area contributed by atoms with Crippen LogP contribution in [0.1, 0.15) is 29.5 Å². The van der Waals surface area contributed by atoms with Crippen molar-refractivity contribution in [1.29, 1.82) is 5.26 Å². The number of rotatable bonds is 2. The van der Waals surface area contributed by atoms with Crippen LogP contribution in [0.15, 0.2) is 54.6 Å². The highest BCUT2D eigenvalue weighted by atomic mass is 14.2. The maximum Gasteiger partial charge on any atom is 0.0991 e. The highest BCUT2D eigenvalue weighted by molar-refractivity contribution is 5.37. The predicted molar refractivity (Wildman–Crippen MR) is 65.1 cm³/mol. The molecule has 0 amide bonds. The van der Waals surface area contributed by atoms with E-state index in [9.17, 15) is 0 Å². The fourth-order valence-corrected chi connectivity index (χ4v) is 1.78. The van der Waals surface area contributed by atoms with E-state index in [1.807, 2.05) is 30.3 Å². The van der Waals surface area contributed by atoms with E-state index >= 15 is 0 Å². The lowest BCUT2D eigenvalue weighted by Crippen LogP contribution is -1.95. The quantitative estimate of drug-likeness (QED) is 0.736. The fraction of sp³-hybridized carbons (Fsp3) is 0.133. The summed E-state index contributed by atoms with van der Waals surface area (Å²) in [7, 11) is 0. The minimum absolute atomic E-state index is 0.369. The molecule has 1 unspecified atom stereocenters. The molecule has 2 aromatic carbocycles.